The van der Waals surface area contributed by atoms with Gasteiger partial charge in [0.25, 0.3) is 0 Å². The highest BCUT2D eigenvalue weighted by molar-refractivity contribution is 5.76. The molecule has 0 aromatic heterocycles. The maximum atomic E-state index is 5.88. The van der Waals surface area contributed by atoms with Crippen LogP contribution < -0.4 is 15.8 Å². The van der Waals surface area contributed by atoms with E-state index in [1.54, 1.807) is 0 Å². The number of rotatable bonds is 1. The molecule has 0 saturated carbocycles. The van der Waals surface area contributed by atoms with E-state index in [1.165, 1.54) is 5.56 Å². The maximum absolute atomic E-state index is 5.88. The van der Waals surface area contributed by atoms with E-state index >= 15 is 0 Å². The van der Waals surface area contributed by atoms with Gasteiger partial charge in [0.15, 0.2) is 11.5 Å². The monoisotopic (exact) mass is 226 g/mol. The lowest BCUT2D eigenvalue weighted by molar-refractivity contribution is 0.480. The highest BCUT2D eigenvalue weighted by Gasteiger charge is 2.16. The van der Waals surface area contributed by atoms with Crippen molar-refractivity contribution >= 4 is 11.4 Å². The molecule has 1 aliphatic heterocycles. The van der Waals surface area contributed by atoms with E-state index in [2.05, 4.69) is 18.3 Å². The second-order valence-corrected chi connectivity index (χ2v) is 4.26. The molecule has 1 aliphatic rings. The number of hydrogen-bond donors (Lipinski definition) is 2. The van der Waals surface area contributed by atoms with Crippen LogP contribution in [0.3, 0.4) is 0 Å². The molecule has 3 rings (SSSR count). The third-order valence-corrected chi connectivity index (χ3v) is 2.91. The molecule has 0 amide bonds. The topological polar surface area (TPSA) is 47.3 Å². The minimum absolute atomic E-state index is 0.525. The first-order valence-corrected chi connectivity index (χ1v) is 5.65. The molecular formula is C14H14N2O. The zero-order valence-corrected chi connectivity index (χ0v) is 9.66. The molecule has 86 valence electrons. The van der Waals surface area contributed by atoms with Gasteiger partial charge in [0, 0.05) is 6.54 Å². The number of nitrogens with one attached hydrogen (secondary N) is 1. The Morgan fingerprint density at radius 1 is 1.06 bits per heavy atom. The van der Waals surface area contributed by atoms with Crippen LogP contribution in [0.5, 0.6) is 11.5 Å². The van der Waals surface area contributed by atoms with E-state index in [-0.39, 0.29) is 0 Å². The maximum Gasteiger partial charge on any atom is 0.151 e. The summed E-state index contributed by atoms with van der Waals surface area (Å²) >= 11 is 0. The lowest BCUT2D eigenvalue weighted by atomic mass is 10.1. The highest BCUT2D eigenvalue weighted by Crippen LogP contribution is 2.42. The van der Waals surface area contributed by atoms with Crippen molar-refractivity contribution < 1.29 is 4.74 Å². The first-order valence-electron chi connectivity index (χ1n) is 5.65. The predicted molar refractivity (Wildman–Crippen MR) is 68.9 cm³/mol. The molecule has 0 atom stereocenters. The minimum Gasteiger partial charge on any atom is -0.453 e. The summed E-state index contributed by atoms with van der Waals surface area (Å²) in [5.41, 5.74) is 9.87. The minimum atomic E-state index is 0.525. The Balaban J connectivity index is 2.05. The molecule has 0 unspecified atom stereocenters. The molecule has 3 N–H and O–H groups in total. The number of fused-ring (bicyclic) bond motifs is 2. The summed E-state index contributed by atoms with van der Waals surface area (Å²) in [6.45, 7) is 2.58. The van der Waals surface area contributed by atoms with E-state index in [9.17, 15) is 0 Å². The summed E-state index contributed by atoms with van der Waals surface area (Å²) in [6, 6.07) is 12.1. The summed E-state index contributed by atoms with van der Waals surface area (Å²) in [7, 11) is 0. The van der Waals surface area contributed by atoms with Crippen molar-refractivity contribution in [2.45, 2.75) is 13.5 Å². The molecule has 3 heteroatoms. The molecule has 3 nitrogen and oxygen atoms in total. The number of hydrogen-bond acceptors (Lipinski definition) is 3. The molecule has 0 radical (unpaired) electrons. The molecule has 0 saturated heterocycles. The second kappa shape index (κ2) is 3.79. The van der Waals surface area contributed by atoms with Crippen LogP contribution >= 0.6 is 0 Å². The van der Waals surface area contributed by atoms with Gasteiger partial charge in [-0.25, -0.2) is 0 Å². The highest BCUT2D eigenvalue weighted by atomic mass is 16.5. The van der Waals surface area contributed by atoms with Crippen LogP contribution in [0, 0.1) is 6.92 Å². The van der Waals surface area contributed by atoms with E-state index in [0.29, 0.717) is 6.54 Å². The molecule has 2 aromatic carbocycles. The molecule has 0 spiro atoms. The van der Waals surface area contributed by atoms with E-state index in [1.807, 2.05) is 30.3 Å². The fourth-order valence-electron chi connectivity index (χ4n) is 1.96. The molecular weight excluding hydrogens is 212 g/mol. The summed E-state index contributed by atoms with van der Waals surface area (Å²) in [4.78, 5) is 0. The third-order valence-electron chi connectivity index (χ3n) is 2.91. The van der Waals surface area contributed by atoms with Gasteiger partial charge in [0.1, 0.15) is 0 Å². The number of aryl methyl sites for hydroxylation is 1. The third kappa shape index (κ3) is 1.74. The van der Waals surface area contributed by atoms with Crippen LogP contribution in [0.4, 0.5) is 11.4 Å². The lowest BCUT2D eigenvalue weighted by Crippen LogP contribution is -2.04. The van der Waals surface area contributed by atoms with Crippen LogP contribution in [0.2, 0.25) is 0 Å². The van der Waals surface area contributed by atoms with Gasteiger partial charge >= 0.3 is 0 Å². The SMILES string of the molecule is Cc1ccc2c(c1)Oc1cc(CN)ccc1N2. The van der Waals surface area contributed by atoms with Crippen LogP contribution in [0.15, 0.2) is 36.4 Å². The Bertz CT molecular complexity index is 578. The van der Waals surface area contributed by atoms with Crippen molar-refractivity contribution in [1.82, 2.24) is 0 Å². The second-order valence-electron chi connectivity index (χ2n) is 4.26. The van der Waals surface area contributed by atoms with Crippen molar-refractivity contribution in [3.05, 3.63) is 47.5 Å². The number of anilines is 2. The number of nitrogens with two attached hydrogens (primary N) is 1. The van der Waals surface area contributed by atoms with Crippen molar-refractivity contribution in [3.63, 3.8) is 0 Å². The van der Waals surface area contributed by atoms with Crippen LogP contribution in [-0.2, 0) is 6.54 Å². The smallest absolute Gasteiger partial charge is 0.151 e. The number of ether oxygens (including phenoxy) is 1. The molecule has 0 aliphatic carbocycles. The van der Waals surface area contributed by atoms with Gasteiger partial charge in [-0.2, -0.15) is 0 Å². The zero-order valence-electron chi connectivity index (χ0n) is 9.66. The Morgan fingerprint density at radius 2 is 1.76 bits per heavy atom. The van der Waals surface area contributed by atoms with Gasteiger partial charge in [-0.15, -0.1) is 0 Å². The first-order chi connectivity index (χ1) is 8.26. The van der Waals surface area contributed by atoms with E-state index in [4.69, 9.17) is 10.5 Å². The first kappa shape index (κ1) is 10.2. The average molecular weight is 226 g/mol. The standard InChI is InChI=1S/C14H14N2O/c1-9-2-4-11-13(6-9)17-14-7-10(8-15)3-5-12(14)16-11/h2-7,16H,8,15H2,1H3. The summed E-state index contributed by atoms with van der Waals surface area (Å²) in [5.74, 6) is 1.71. The van der Waals surface area contributed by atoms with Gasteiger partial charge in [0.05, 0.1) is 11.4 Å². The Labute approximate surface area is 100 Å². The average Bonchev–Trinajstić information content (AvgIpc) is 2.35. The number of benzene rings is 2. The normalized spacial score (nSPS) is 12.1. The van der Waals surface area contributed by atoms with Crippen molar-refractivity contribution in [1.29, 1.82) is 0 Å². The van der Waals surface area contributed by atoms with Crippen molar-refractivity contribution in [3.8, 4) is 11.5 Å². The predicted octanol–water partition coefficient (Wildman–Crippen LogP) is 3.30. The van der Waals surface area contributed by atoms with Crippen molar-refractivity contribution in [2.75, 3.05) is 5.32 Å². The quantitative estimate of drug-likeness (QED) is 0.669. The lowest BCUT2D eigenvalue weighted by Gasteiger charge is -2.22. The van der Waals surface area contributed by atoms with Gasteiger partial charge in [-0.05, 0) is 42.3 Å². The molecule has 17 heavy (non-hydrogen) atoms. The van der Waals surface area contributed by atoms with Crippen LogP contribution in [-0.4, -0.2) is 0 Å². The largest absolute Gasteiger partial charge is 0.453 e. The Kier molecular flexibility index (Phi) is 2.27. The van der Waals surface area contributed by atoms with Gasteiger partial charge < -0.3 is 15.8 Å². The van der Waals surface area contributed by atoms with Crippen LogP contribution in [0.1, 0.15) is 11.1 Å². The fourth-order valence-corrected chi connectivity index (χ4v) is 1.96. The van der Waals surface area contributed by atoms with Crippen LogP contribution in [0.25, 0.3) is 0 Å². The molecule has 0 bridgehead atoms. The van der Waals surface area contributed by atoms with Gasteiger partial charge in [0.2, 0.25) is 0 Å². The molecule has 0 fully saturated rings. The Morgan fingerprint density at radius 3 is 2.53 bits per heavy atom. The molecule has 2 aromatic rings. The van der Waals surface area contributed by atoms with Gasteiger partial charge in [-0.3, -0.25) is 0 Å². The van der Waals surface area contributed by atoms with Crippen molar-refractivity contribution in [2.24, 2.45) is 5.73 Å². The van der Waals surface area contributed by atoms with E-state index in [0.717, 1.165) is 28.4 Å². The molecule has 1 heterocycles. The Hall–Kier alpha value is -2.00. The summed E-state index contributed by atoms with van der Waals surface area (Å²) in [6.07, 6.45) is 0. The van der Waals surface area contributed by atoms with E-state index < -0.39 is 0 Å². The van der Waals surface area contributed by atoms with Gasteiger partial charge in [-0.1, -0.05) is 12.1 Å². The fraction of sp³-hybridized carbons (Fsp3) is 0.143. The zero-order chi connectivity index (χ0) is 11.8. The summed E-state index contributed by atoms with van der Waals surface area (Å²) < 4.78 is 5.88. The summed E-state index contributed by atoms with van der Waals surface area (Å²) in [5, 5.41) is 3.35.